The molecule has 2 atom stereocenters. The molecule has 0 radical (unpaired) electrons. The molecule has 1 saturated heterocycles. The highest BCUT2D eigenvalue weighted by atomic mass is 32.2. The lowest BCUT2D eigenvalue weighted by Gasteiger charge is -2.32. The molecule has 2 rings (SSSR count). The van der Waals surface area contributed by atoms with Crippen LogP contribution in [-0.2, 0) is 19.7 Å². The summed E-state index contributed by atoms with van der Waals surface area (Å²) in [4.78, 5) is 23.1. The Balaban J connectivity index is 2.14. The highest BCUT2D eigenvalue weighted by Crippen LogP contribution is 2.33. The number of nitrogens with zero attached hydrogens (tertiary/aromatic N) is 1. The van der Waals surface area contributed by atoms with Crippen LogP contribution in [0.4, 0.5) is 4.79 Å². The third kappa shape index (κ3) is 3.12. The first-order valence-corrected chi connectivity index (χ1v) is 8.30. The Bertz CT molecular complexity index is 490. The summed E-state index contributed by atoms with van der Waals surface area (Å²) in [6.07, 6.45) is 3.45. The number of rotatable bonds is 3. The largest absolute Gasteiger partial charge is 0.452 e. The van der Waals surface area contributed by atoms with Gasteiger partial charge < -0.3 is 4.74 Å². The molecule has 0 spiro atoms. The summed E-state index contributed by atoms with van der Waals surface area (Å²) in [5.41, 5.74) is 0. The van der Waals surface area contributed by atoms with Crippen LogP contribution in [0.2, 0.25) is 0 Å². The number of nitrogens with one attached hydrogen (secondary N) is 1. The predicted molar refractivity (Wildman–Crippen MR) is 71.2 cm³/mol. The molecule has 0 aromatic rings. The van der Waals surface area contributed by atoms with Gasteiger partial charge in [-0.2, -0.15) is 12.7 Å². The fourth-order valence-electron chi connectivity index (χ4n) is 3.09. The van der Waals surface area contributed by atoms with Crippen LogP contribution < -0.4 is 4.72 Å². The first-order valence-electron chi connectivity index (χ1n) is 6.86. The molecule has 1 N–H and O–H groups in total. The van der Waals surface area contributed by atoms with Crippen molar-refractivity contribution in [2.24, 2.45) is 5.92 Å². The van der Waals surface area contributed by atoms with Crippen LogP contribution in [0.15, 0.2) is 0 Å². The molecule has 1 aliphatic carbocycles. The molecular weight excluding hydrogens is 284 g/mol. The Labute approximate surface area is 118 Å². The Kier molecular flexibility index (Phi) is 4.64. The van der Waals surface area contributed by atoms with Crippen molar-refractivity contribution in [3.05, 3.63) is 0 Å². The summed E-state index contributed by atoms with van der Waals surface area (Å²) < 4.78 is 31.8. The highest BCUT2D eigenvalue weighted by Gasteiger charge is 2.42. The molecule has 1 aliphatic heterocycles. The summed E-state index contributed by atoms with van der Waals surface area (Å²) in [5.74, 6) is -0.0955. The quantitative estimate of drug-likeness (QED) is 0.833. The Morgan fingerprint density at radius 3 is 2.70 bits per heavy atom. The van der Waals surface area contributed by atoms with E-state index in [-0.39, 0.29) is 17.7 Å². The molecule has 2 aliphatic rings. The molecule has 0 aromatic carbocycles. The third-order valence-electron chi connectivity index (χ3n) is 4.02. The Morgan fingerprint density at radius 2 is 2.05 bits per heavy atom. The van der Waals surface area contributed by atoms with E-state index >= 15 is 0 Å². The van der Waals surface area contributed by atoms with Gasteiger partial charge in [0.15, 0.2) is 0 Å². The number of hydrogen-bond donors (Lipinski definition) is 1. The first kappa shape index (κ1) is 15.2. The van der Waals surface area contributed by atoms with Crippen LogP contribution in [0.3, 0.4) is 0 Å². The second-order valence-corrected chi connectivity index (χ2v) is 6.86. The number of carbonyl (C=O) groups excluding carboxylic acids is 2. The minimum absolute atomic E-state index is 0.140. The summed E-state index contributed by atoms with van der Waals surface area (Å²) in [7, 11) is -2.83. The molecule has 114 valence electrons. The molecule has 2 fully saturated rings. The average Bonchev–Trinajstić information content (AvgIpc) is 2.88. The molecule has 1 saturated carbocycles. The number of carbonyl (C=O) groups is 2. The lowest BCUT2D eigenvalue weighted by atomic mass is 9.82. The van der Waals surface area contributed by atoms with E-state index in [4.69, 9.17) is 0 Å². The van der Waals surface area contributed by atoms with E-state index in [1.54, 1.807) is 0 Å². The van der Waals surface area contributed by atoms with E-state index in [0.717, 1.165) is 26.4 Å². The average molecular weight is 304 g/mol. The monoisotopic (exact) mass is 304 g/mol. The molecule has 1 amide bonds. The summed E-state index contributed by atoms with van der Waals surface area (Å²) in [6, 6.07) is -0.329. The smallest absolute Gasteiger partial charge is 0.421 e. The van der Waals surface area contributed by atoms with Crippen molar-refractivity contribution < 1.29 is 22.7 Å². The molecule has 7 nitrogen and oxygen atoms in total. The second kappa shape index (κ2) is 6.09. The minimum atomic E-state index is -3.94. The first-order chi connectivity index (χ1) is 9.45. The van der Waals surface area contributed by atoms with Gasteiger partial charge in [-0.15, -0.1) is 0 Å². The van der Waals surface area contributed by atoms with E-state index in [1.807, 2.05) is 4.72 Å². The van der Waals surface area contributed by atoms with Crippen LogP contribution in [0.25, 0.3) is 0 Å². The zero-order chi connectivity index (χ0) is 14.8. The topological polar surface area (TPSA) is 92.8 Å². The van der Waals surface area contributed by atoms with Gasteiger partial charge in [-0.05, 0) is 25.7 Å². The van der Waals surface area contributed by atoms with E-state index in [0.29, 0.717) is 25.8 Å². The van der Waals surface area contributed by atoms with Crippen molar-refractivity contribution in [3.63, 3.8) is 0 Å². The van der Waals surface area contributed by atoms with Gasteiger partial charge in [-0.1, -0.05) is 6.42 Å². The van der Waals surface area contributed by atoms with Gasteiger partial charge in [0.05, 0.1) is 7.11 Å². The van der Waals surface area contributed by atoms with E-state index in [9.17, 15) is 18.0 Å². The maximum absolute atomic E-state index is 12.2. The number of Topliss-reactive ketones (excluding diaryl/α,β-unsaturated/α-hetero) is 1. The molecule has 2 unspecified atom stereocenters. The van der Waals surface area contributed by atoms with Crippen molar-refractivity contribution in [1.29, 1.82) is 0 Å². The van der Waals surface area contributed by atoms with Gasteiger partial charge in [0.25, 0.3) is 0 Å². The van der Waals surface area contributed by atoms with Crippen molar-refractivity contribution >= 4 is 22.1 Å². The lowest BCUT2D eigenvalue weighted by Crippen LogP contribution is -2.49. The zero-order valence-electron chi connectivity index (χ0n) is 11.5. The lowest BCUT2D eigenvalue weighted by molar-refractivity contribution is -0.126. The van der Waals surface area contributed by atoms with E-state index < -0.39 is 16.3 Å². The minimum Gasteiger partial charge on any atom is -0.452 e. The second-order valence-electron chi connectivity index (χ2n) is 5.24. The van der Waals surface area contributed by atoms with Gasteiger partial charge >= 0.3 is 16.3 Å². The van der Waals surface area contributed by atoms with Crippen LogP contribution in [0, 0.1) is 5.92 Å². The van der Waals surface area contributed by atoms with Crippen molar-refractivity contribution in [2.75, 3.05) is 13.7 Å². The maximum Gasteiger partial charge on any atom is 0.421 e. The third-order valence-corrected chi connectivity index (χ3v) is 5.52. The fourth-order valence-corrected chi connectivity index (χ4v) is 4.48. The molecular formula is C12H20N2O5S. The SMILES string of the molecule is COC(=O)NS(=O)(=O)N1CCCC1C1CCCCC1=O. The number of amides is 1. The Morgan fingerprint density at radius 1 is 1.30 bits per heavy atom. The molecule has 8 heteroatoms. The van der Waals surface area contributed by atoms with Crippen LogP contribution in [0.5, 0.6) is 0 Å². The summed E-state index contributed by atoms with van der Waals surface area (Å²) in [6.45, 7) is 0.334. The van der Waals surface area contributed by atoms with Crippen molar-refractivity contribution in [1.82, 2.24) is 9.03 Å². The maximum atomic E-state index is 12.2. The van der Waals surface area contributed by atoms with Crippen LogP contribution in [0.1, 0.15) is 38.5 Å². The van der Waals surface area contributed by atoms with Crippen LogP contribution >= 0.6 is 0 Å². The van der Waals surface area contributed by atoms with Crippen LogP contribution in [-0.4, -0.2) is 44.3 Å². The standard InChI is InChI=1S/C12H20N2O5S/c1-19-12(16)13-20(17,18)14-8-4-6-10(14)9-5-2-3-7-11(9)15/h9-10H,2-8H2,1H3,(H,13,16). The van der Waals surface area contributed by atoms with Crippen molar-refractivity contribution in [3.8, 4) is 0 Å². The van der Waals surface area contributed by atoms with E-state index in [2.05, 4.69) is 4.74 Å². The van der Waals surface area contributed by atoms with Gasteiger partial charge in [-0.25, -0.2) is 9.52 Å². The Hall–Kier alpha value is -1.15. The van der Waals surface area contributed by atoms with Gasteiger partial charge in [0.1, 0.15) is 5.78 Å². The number of methoxy groups -OCH3 is 1. The number of hydrogen-bond acceptors (Lipinski definition) is 5. The van der Waals surface area contributed by atoms with Gasteiger partial charge in [-0.3, -0.25) is 4.79 Å². The molecule has 0 aromatic heterocycles. The van der Waals surface area contributed by atoms with E-state index in [1.165, 1.54) is 4.31 Å². The number of ketones is 1. The molecule has 0 bridgehead atoms. The normalized spacial score (nSPS) is 28.4. The van der Waals surface area contributed by atoms with Gasteiger partial charge in [0, 0.05) is 24.9 Å². The zero-order valence-corrected chi connectivity index (χ0v) is 12.3. The summed E-state index contributed by atoms with van der Waals surface area (Å²) in [5, 5.41) is 0. The molecule has 20 heavy (non-hydrogen) atoms. The highest BCUT2D eigenvalue weighted by molar-refractivity contribution is 7.87. The van der Waals surface area contributed by atoms with Gasteiger partial charge in [0.2, 0.25) is 0 Å². The van der Waals surface area contributed by atoms with Crippen molar-refractivity contribution in [2.45, 2.75) is 44.6 Å². The molecule has 1 heterocycles. The predicted octanol–water partition coefficient (Wildman–Crippen LogP) is 0.811. The fraction of sp³-hybridized carbons (Fsp3) is 0.833. The summed E-state index contributed by atoms with van der Waals surface area (Å²) >= 11 is 0. The number of ether oxygens (including phenoxy) is 1.